The Bertz CT molecular complexity index is 971. The molecular formula is C24H26N2O4. The topological polar surface area (TPSA) is 70.1 Å². The Hall–Kier alpha value is -3.28. The molecule has 0 aliphatic carbocycles. The summed E-state index contributed by atoms with van der Waals surface area (Å²) in [5.41, 5.74) is 2.02. The minimum absolute atomic E-state index is 0.0130. The molecule has 0 atom stereocenters. The second kappa shape index (κ2) is 8.22. The number of amides is 2. The van der Waals surface area contributed by atoms with E-state index in [1.165, 1.54) is 12.8 Å². The van der Waals surface area contributed by atoms with Gasteiger partial charge in [-0.1, -0.05) is 26.0 Å². The zero-order valence-electron chi connectivity index (χ0n) is 17.3. The second-order valence-electron chi connectivity index (χ2n) is 8.11. The number of rotatable bonds is 6. The average Bonchev–Trinajstić information content (AvgIpc) is 3.35. The van der Waals surface area contributed by atoms with Crippen LogP contribution in [0.4, 0.5) is 11.4 Å². The van der Waals surface area contributed by atoms with Crippen molar-refractivity contribution in [1.82, 2.24) is 0 Å². The summed E-state index contributed by atoms with van der Waals surface area (Å²) in [4.78, 5) is 29.0. The first-order valence-electron chi connectivity index (χ1n) is 10.4. The van der Waals surface area contributed by atoms with Gasteiger partial charge in [-0.2, -0.15) is 0 Å². The lowest BCUT2D eigenvalue weighted by molar-refractivity contribution is -0.121. The van der Waals surface area contributed by atoms with Crippen LogP contribution in [0.5, 0.6) is 5.75 Å². The van der Waals surface area contributed by atoms with Crippen molar-refractivity contribution in [1.29, 1.82) is 0 Å². The van der Waals surface area contributed by atoms with Crippen molar-refractivity contribution in [3.63, 3.8) is 0 Å². The molecule has 0 aromatic heterocycles. The highest BCUT2D eigenvalue weighted by Crippen LogP contribution is 2.33. The van der Waals surface area contributed by atoms with Gasteiger partial charge >= 0.3 is 5.91 Å². The standard InChI is InChI=1S/C24H26N2O4/c1-16(2)15-30-20-11-5-17(6-12-20)21-22(27)24(29)26(23(21)28)19-9-7-18(8-10-19)25-13-3-4-14-25/h5-12,16,27H,3-4,13-15H2,1-2H3. The summed E-state index contributed by atoms with van der Waals surface area (Å²) in [7, 11) is 0. The highest BCUT2D eigenvalue weighted by molar-refractivity contribution is 6.44. The number of hydrogen-bond acceptors (Lipinski definition) is 5. The molecule has 2 aliphatic heterocycles. The van der Waals surface area contributed by atoms with Crippen LogP contribution < -0.4 is 14.5 Å². The van der Waals surface area contributed by atoms with E-state index in [0.717, 1.165) is 23.7 Å². The largest absolute Gasteiger partial charge is 0.502 e. The van der Waals surface area contributed by atoms with Crippen molar-refractivity contribution >= 4 is 28.8 Å². The number of nitrogens with zero attached hydrogens (tertiary/aromatic N) is 2. The van der Waals surface area contributed by atoms with Crippen LogP contribution in [0.1, 0.15) is 32.3 Å². The van der Waals surface area contributed by atoms with Gasteiger partial charge in [0.15, 0.2) is 5.76 Å². The van der Waals surface area contributed by atoms with Crippen molar-refractivity contribution in [2.45, 2.75) is 26.7 Å². The van der Waals surface area contributed by atoms with Gasteiger partial charge in [0.05, 0.1) is 17.9 Å². The van der Waals surface area contributed by atoms with Gasteiger partial charge in [0.25, 0.3) is 5.91 Å². The third-order valence-corrected chi connectivity index (χ3v) is 5.36. The van der Waals surface area contributed by atoms with Crippen LogP contribution >= 0.6 is 0 Å². The maximum absolute atomic E-state index is 13.0. The number of carbonyl (C=O) groups is 2. The molecule has 1 saturated heterocycles. The van der Waals surface area contributed by atoms with Crippen molar-refractivity contribution in [3.8, 4) is 5.75 Å². The number of imide groups is 1. The van der Waals surface area contributed by atoms with E-state index in [9.17, 15) is 14.7 Å². The normalized spacial score (nSPS) is 16.9. The molecule has 30 heavy (non-hydrogen) atoms. The molecule has 0 bridgehead atoms. The first kappa shape index (κ1) is 20.0. The van der Waals surface area contributed by atoms with Gasteiger partial charge in [0, 0.05) is 18.8 Å². The van der Waals surface area contributed by atoms with E-state index in [1.54, 1.807) is 36.4 Å². The lowest BCUT2D eigenvalue weighted by Gasteiger charge is -2.20. The molecular weight excluding hydrogens is 380 g/mol. The summed E-state index contributed by atoms with van der Waals surface area (Å²) in [6.45, 7) is 6.75. The zero-order valence-corrected chi connectivity index (χ0v) is 17.3. The van der Waals surface area contributed by atoms with E-state index in [4.69, 9.17) is 4.74 Å². The molecule has 1 N–H and O–H groups in total. The van der Waals surface area contributed by atoms with Crippen LogP contribution in [0.15, 0.2) is 54.3 Å². The van der Waals surface area contributed by atoms with Crippen molar-refractivity contribution in [2.24, 2.45) is 5.92 Å². The van der Waals surface area contributed by atoms with Crippen molar-refractivity contribution in [3.05, 3.63) is 59.9 Å². The van der Waals surface area contributed by atoms with Gasteiger partial charge < -0.3 is 14.7 Å². The van der Waals surface area contributed by atoms with E-state index < -0.39 is 17.6 Å². The third-order valence-electron chi connectivity index (χ3n) is 5.36. The summed E-state index contributed by atoms with van der Waals surface area (Å²) >= 11 is 0. The number of carbonyl (C=O) groups excluding carboxylic acids is 2. The van der Waals surface area contributed by atoms with Crippen LogP contribution in [-0.4, -0.2) is 36.6 Å². The fourth-order valence-corrected chi connectivity index (χ4v) is 3.78. The molecule has 4 rings (SSSR count). The molecule has 0 saturated carbocycles. The maximum atomic E-state index is 13.0. The molecule has 0 spiro atoms. The molecule has 6 heteroatoms. The fourth-order valence-electron chi connectivity index (χ4n) is 3.78. The minimum atomic E-state index is -0.705. The van der Waals surface area contributed by atoms with E-state index in [2.05, 4.69) is 18.7 Å². The molecule has 156 valence electrons. The minimum Gasteiger partial charge on any atom is -0.502 e. The van der Waals surface area contributed by atoms with Gasteiger partial charge in [0.2, 0.25) is 0 Å². The highest BCUT2D eigenvalue weighted by Gasteiger charge is 2.40. The van der Waals surface area contributed by atoms with Crippen LogP contribution in [0.2, 0.25) is 0 Å². The number of aliphatic hydroxyl groups is 1. The third kappa shape index (κ3) is 3.77. The van der Waals surface area contributed by atoms with Gasteiger partial charge in [-0.3, -0.25) is 9.59 Å². The Morgan fingerprint density at radius 2 is 1.50 bits per heavy atom. The summed E-state index contributed by atoms with van der Waals surface area (Å²) in [5, 5.41) is 10.4. The first-order valence-corrected chi connectivity index (χ1v) is 10.4. The van der Waals surface area contributed by atoms with Gasteiger partial charge in [-0.25, -0.2) is 4.90 Å². The van der Waals surface area contributed by atoms with Crippen LogP contribution in [0, 0.1) is 5.92 Å². The highest BCUT2D eigenvalue weighted by atomic mass is 16.5. The van der Waals surface area contributed by atoms with E-state index in [-0.39, 0.29) is 5.57 Å². The second-order valence-corrected chi connectivity index (χ2v) is 8.11. The predicted octanol–water partition coefficient (Wildman–Crippen LogP) is 4.16. The molecule has 2 aromatic carbocycles. The van der Waals surface area contributed by atoms with Crippen molar-refractivity contribution in [2.75, 3.05) is 29.5 Å². The summed E-state index contributed by atoms with van der Waals surface area (Å²) in [5.74, 6) is -0.680. The SMILES string of the molecule is CC(C)COc1ccc(C2=C(O)C(=O)N(c3ccc(N4CCCC4)cc3)C2=O)cc1. The van der Waals surface area contributed by atoms with Gasteiger partial charge in [-0.05, 0) is 60.7 Å². The number of anilines is 2. The molecule has 2 heterocycles. The van der Waals surface area contributed by atoms with E-state index in [0.29, 0.717) is 29.5 Å². The van der Waals surface area contributed by atoms with Gasteiger partial charge in [-0.15, -0.1) is 0 Å². The Balaban J connectivity index is 1.54. The molecule has 6 nitrogen and oxygen atoms in total. The average molecular weight is 406 g/mol. The molecule has 0 unspecified atom stereocenters. The molecule has 2 aromatic rings. The summed E-state index contributed by atoms with van der Waals surface area (Å²) in [6.07, 6.45) is 2.35. The maximum Gasteiger partial charge on any atom is 0.301 e. The lowest BCUT2D eigenvalue weighted by atomic mass is 10.1. The smallest absolute Gasteiger partial charge is 0.301 e. The zero-order chi connectivity index (χ0) is 21.3. The van der Waals surface area contributed by atoms with E-state index in [1.807, 2.05) is 12.1 Å². The number of ether oxygens (including phenoxy) is 1. The van der Waals surface area contributed by atoms with Crippen LogP contribution in [-0.2, 0) is 9.59 Å². The Morgan fingerprint density at radius 3 is 2.10 bits per heavy atom. The molecule has 1 fully saturated rings. The Kier molecular flexibility index (Phi) is 5.48. The predicted molar refractivity (Wildman–Crippen MR) is 117 cm³/mol. The fraction of sp³-hybridized carbons (Fsp3) is 0.333. The Labute approximate surface area is 176 Å². The summed E-state index contributed by atoms with van der Waals surface area (Å²) < 4.78 is 5.66. The molecule has 2 amide bonds. The molecule has 0 radical (unpaired) electrons. The quantitative estimate of drug-likeness (QED) is 0.730. The number of hydrogen-bond donors (Lipinski definition) is 1. The van der Waals surface area contributed by atoms with E-state index >= 15 is 0 Å². The van der Waals surface area contributed by atoms with Crippen LogP contribution in [0.3, 0.4) is 0 Å². The lowest BCUT2D eigenvalue weighted by Crippen LogP contribution is -2.31. The monoisotopic (exact) mass is 406 g/mol. The van der Waals surface area contributed by atoms with Crippen molar-refractivity contribution < 1.29 is 19.4 Å². The van der Waals surface area contributed by atoms with Crippen LogP contribution in [0.25, 0.3) is 5.57 Å². The number of benzene rings is 2. The molecule has 2 aliphatic rings. The van der Waals surface area contributed by atoms with Gasteiger partial charge in [0.1, 0.15) is 5.75 Å². The first-order chi connectivity index (χ1) is 14.5. The summed E-state index contributed by atoms with van der Waals surface area (Å²) in [6, 6.07) is 14.2. The number of aliphatic hydroxyl groups excluding tert-OH is 1. The Morgan fingerprint density at radius 1 is 0.900 bits per heavy atom.